The zero-order valence-electron chi connectivity index (χ0n) is 12.4. The fourth-order valence-electron chi connectivity index (χ4n) is 2.41. The highest BCUT2D eigenvalue weighted by molar-refractivity contribution is 5.61. The van der Waals surface area contributed by atoms with E-state index in [2.05, 4.69) is 36.9 Å². The number of rotatable bonds is 7. The summed E-state index contributed by atoms with van der Waals surface area (Å²) in [5.41, 5.74) is 2.90. The number of aryl methyl sites for hydroxylation is 1. The van der Waals surface area contributed by atoms with Crippen molar-refractivity contribution in [1.82, 2.24) is 0 Å². The van der Waals surface area contributed by atoms with Gasteiger partial charge in [-0.15, -0.1) is 0 Å². The van der Waals surface area contributed by atoms with E-state index in [9.17, 15) is 5.26 Å². The molecule has 3 nitrogen and oxygen atoms in total. The molecule has 0 N–H and O–H groups in total. The van der Waals surface area contributed by atoms with Crippen molar-refractivity contribution in [2.24, 2.45) is 0 Å². The molecule has 1 aromatic carbocycles. The van der Waals surface area contributed by atoms with Crippen molar-refractivity contribution in [3.05, 3.63) is 29.3 Å². The Hall–Kier alpha value is -1.53. The Labute approximate surface area is 116 Å². The van der Waals surface area contributed by atoms with E-state index >= 15 is 0 Å². The van der Waals surface area contributed by atoms with Crippen LogP contribution in [-0.2, 0) is 4.74 Å². The molecule has 0 aliphatic rings. The normalized spacial score (nSPS) is 10.5. The molecular formula is C16H24N2O. The maximum Gasteiger partial charge on any atom is 0.101 e. The fraction of sp³-hybridized carbons (Fsp3) is 0.562. The third-order valence-electron chi connectivity index (χ3n) is 3.50. The van der Waals surface area contributed by atoms with Crippen molar-refractivity contribution >= 4 is 5.69 Å². The zero-order chi connectivity index (χ0) is 14.3. The Morgan fingerprint density at radius 1 is 1.32 bits per heavy atom. The summed E-state index contributed by atoms with van der Waals surface area (Å²) in [6, 6.07) is 8.84. The third-order valence-corrected chi connectivity index (χ3v) is 3.50. The molecule has 0 heterocycles. The molecule has 0 aliphatic heterocycles. The van der Waals surface area contributed by atoms with Gasteiger partial charge < -0.3 is 9.64 Å². The van der Waals surface area contributed by atoms with E-state index in [4.69, 9.17) is 4.74 Å². The highest BCUT2D eigenvalue weighted by Gasteiger charge is 2.18. The number of hydrogen-bond acceptors (Lipinski definition) is 3. The molecule has 1 rings (SSSR count). The summed E-state index contributed by atoms with van der Waals surface area (Å²) in [6.45, 7) is 7.89. The summed E-state index contributed by atoms with van der Waals surface area (Å²) >= 11 is 0. The molecule has 0 bridgehead atoms. The summed E-state index contributed by atoms with van der Waals surface area (Å²) in [5.74, 6) is 0. The number of nitriles is 1. The van der Waals surface area contributed by atoms with Gasteiger partial charge in [0, 0.05) is 19.7 Å². The zero-order valence-corrected chi connectivity index (χ0v) is 12.4. The lowest BCUT2D eigenvalue weighted by Gasteiger charge is -2.33. The number of hydrogen-bond donors (Lipinski definition) is 0. The maximum absolute atomic E-state index is 9.34. The van der Waals surface area contributed by atoms with Crippen LogP contribution in [0.4, 0.5) is 5.69 Å². The lowest BCUT2D eigenvalue weighted by Crippen LogP contribution is -2.37. The predicted octanol–water partition coefficient (Wildman–Crippen LogP) is 3.51. The van der Waals surface area contributed by atoms with Crippen molar-refractivity contribution < 1.29 is 4.74 Å². The number of nitrogens with zero attached hydrogens (tertiary/aromatic N) is 2. The summed E-state index contributed by atoms with van der Waals surface area (Å²) in [6.07, 6.45) is 2.14. The molecule has 0 aromatic heterocycles. The van der Waals surface area contributed by atoms with Gasteiger partial charge in [0.2, 0.25) is 0 Å². The molecule has 0 aliphatic carbocycles. The van der Waals surface area contributed by atoms with E-state index in [1.54, 1.807) is 7.11 Å². The van der Waals surface area contributed by atoms with Gasteiger partial charge in [0.25, 0.3) is 0 Å². The molecule has 0 saturated carbocycles. The lowest BCUT2D eigenvalue weighted by atomic mass is 10.0. The van der Waals surface area contributed by atoms with Crippen LogP contribution in [0.2, 0.25) is 0 Å². The summed E-state index contributed by atoms with van der Waals surface area (Å²) in [7, 11) is 1.71. The molecule has 19 heavy (non-hydrogen) atoms. The molecule has 0 atom stereocenters. The quantitative estimate of drug-likeness (QED) is 0.752. The van der Waals surface area contributed by atoms with Crippen LogP contribution in [0.3, 0.4) is 0 Å². The SMILES string of the molecule is CCC(CC)N(CCOC)c1ccc(C)cc1C#N. The van der Waals surface area contributed by atoms with E-state index < -0.39 is 0 Å². The van der Waals surface area contributed by atoms with Crippen LogP contribution in [0, 0.1) is 18.3 Å². The highest BCUT2D eigenvalue weighted by Crippen LogP contribution is 2.25. The minimum absolute atomic E-state index is 0.449. The summed E-state index contributed by atoms with van der Waals surface area (Å²) in [4.78, 5) is 2.31. The largest absolute Gasteiger partial charge is 0.383 e. The number of anilines is 1. The molecule has 0 fully saturated rings. The first-order valence-electron chi connectivity index (χ1n) is 6.94. The topological polar surface area (TPSA) is 36.3 Å². The van der Waals surface area contributed by atoms with Crippen molar-refractivity contribution in [3.8, 4) is 6.07 Å². The van der Waals surface area contributed by atoms with Crippen LogP contribution >= 0.6 is 0 Å². The van der Waals surface area contributed by atoms with E-state index in [0.29, 0.717) is 12.6 Å². The number of ether oxygens (including phenoxy) is 1. The maximum atomic E-state index is 9.34. The van der Waals surface area contributed by atoms with Gasteiger partial charge >= 0.3 is 0 Å². The molecule has 0 spiro atoms. The van der Waals surface area contributed by atoms with Crippen LogP contribution in [-0.4, -0.2) is 26.3 Å². The second kappa shape index (κ2) is 7.81. The van der Waals surface area contributed by atoms with E-state index in [-0.39, 0.29) is 0 Å². The van der Waals surface area contributed by atoms with Gasteiger partial charge in [-0.3, -0.25) is 0 Å². The van der Waals surface area contributed by atoms with E-state index in [1.165, 1.54) is 0 Å². The van der Waals surface area contributed by atoms with Gasteiger partial charge in [0.05, 0.1) is 17.9 Å². The van der Waals surface area contributed by atoms with Gasteiger partial charge in [-0.25, -0.2) is 0 Å². The van der Waals surface area contributed by atoms with Crippen molar-refractivity contribution in [2.75, 3.05) is 25.2 Å². The van der Waals surface area contributed by atoms with Gasteiger partial charge in [0.1, 0.15) is 6.07 Å². The van der Waals surface area contributed by atoms with Crippen molar-refractivity contribution in [2.45, 2.75) is 39.7 Å². The minimum Gasteiger partial charge on any atom is -0.383 e. The average Bonchev–Trinajstić information content (AvgIpc) is 2.43. The van der Waals surface area contributed by atoms with Crippen LogP contribution in [0.15, 0.2) is 18.2 Å². The van der Waals surface area contributed by atoms with Crippen molar-refractivity contribution in [1.29, 1.82) is 5.26 Å². The molecule has 0 radical (unpaired) electrons. The summed E-state index contributed by atoms with van der Waals surface area (Å²) in [5, 5.41) is 9.34. The van der Waals surface area contributed by atoms with Crippen LogP contribution in [0.25, 0.3) is 0 Å². The van der Waals surface area contributed by atoms with E-state index in [1.807, 2.05) is 13.0 Å². The van der Waals surface area contributed by atoms with Gasteiger partial charge in [-0.2, -0.15) is 5.26 Å². The first-order valence-corrected chi connectivity index (χ1v) is 6.94. The Balaban J connectivity index is 3.12. The van der Waals surface area contributed by atoms with Crippen LogP contribution in [0.5, 0.6) is 0 Å². The third kappa shape index (κ3) is 3.97. The van der Waals surface area contributed by atoms with Crippen molar-refractivity contribution in [3.63, 3.8) is 0 Å². The molecule has 104 valence electrons. The first-order chi connectivity index (χ1) is 9.17. The van der Waals surface area contributed by atoms with Gasteiger partial charge in [-0.1, -0.05) is 19.9 Å². The molecule has 0 amide bonds. The predicted molar refractivity (Wildman–Crippen MR) is 79.5 cm³/mol. The molecule has 0 saturated heterocycles. The Morgan fingerprint density at radius 3 is 2.53 bits per heavy atom. The summed E-state index contributed by atoms with van der Waals surface area (Å²) < 4.78 is 5.21. The Kier molecular flexibility index (Phi) is 6.38. The van der Waals surface area contributed by atoms with Gasteiger partial charge in [0.15, 0.2) is 0 Å². The number of methoxy groups -OCH3 is 1. The lowest BCUT2D eigenvalue weighted by molar-refractivity contribution is 0.202. The fourth-order valence-corrected chi connectivity index (χ4v) is 2.41. The Bertz CT molecular complexity index is 433. The molecule has 1 aromatic rings. The molecule has 0 unspecified atom stereocenters. The standard InChI is InChI=1S/C16H24N2O/c1-5-15(6-2)18(9-10-19-4)16-8-7-13(3)11-14(16)12-17/h7-8,11,15H,5-6,9-10H2,1-4H3. The first kappa shape index (κ1) is 15.5. The molecule has 3 heteroatoms. The average molecular weight is 260 g/mol. The van der Waals surface area contributed by atoms with Gasteiger partial charge in [-0.05, 0) is 37.5 Å². The van der Waals surface area contributed by atoms with Crippen LogP contribution < -0.4 is 4.90 Å². The highest BCUT2D eigenvalue weighted by atomic mass is 16.5. The second-order valence-corrected chi connectivity index (χ2v) is 4.79. The van der Waals surface area contributed by atoms with Crippen LogP contribution in [0.1, 0.15) is 37.8 Å². The monoisotopic (exact) mass is 260 g/mol. The second-order valence-electron chi connectivity index (χ2n) is 4.79. The van der Waals surface area contributed by atoms with E-state index in [0.717, 1.165) is 36.2 Å². The minimum atomic E-state index is 0.449. The smallest absolute Gasteiger partial charge is 0.101 e. The molecular weight excluding hydrogens is 236 g/mol. The Morgan fingerprint density at radius 2 is 2.00 bits per heavy atom. The number of benzene rings is 1.